The van der Waals surface area contributed by atoms with E-state index in [4.69, 9.17) is 9.84 Å². The molecule has 0 atom stereocenters. The Balaban J connectivity index is 1.57. The Hall–Kier alpha value is -2.89. The Kier molecular flexibility index (Phi) is 15.1. The highest BCUT2D eigenvalue weighted by molar-refractivity contribution is 5.88. The molecule has 0 spiro atoms. The smallest absolute Gasteiger partial charge is 0.335 e. The van der Waals surface area contributed by atoms with Crippen molar-refractivity contribution in [1.82, 2.24) is 0 Å². The van der Waals surface area contributed by atoms with Crippen molar-refractivity contribution in [1.29, 1.82) is 0 Å². The van der Waals surface area contributed by atoms with E-state index in [-0.39, 0.29) is 17.0 Å². The van der Waals surface area contributed by atoms with Gasteiger partial charge in [0.05, 0.1) is 17.1 Å². The van der Waals surface area contributed by atoms with Crippen LogP contribution in [0.15, 0.2) is 42.5 Å². The SMILES string of the molecule is CCCCCCCCCCCCCCCCCCOc1ccc(-c2ccc(C(=O)O)cc2)cc1[N+](=O)[O-]. The Morgan fingerprint density at radius 3 is 1.65 bits per heavy atom. The molecule has 0 fully saturated rings. The van der Waals surface area contributed by atoms with Gasteiger partial charge in [-0.05, 0) is 35.7 Å². The normalized spacial score (nSPS) is 10.9. The summed E-state index contributed by atoms with van der Waals surface area (Å²) in [6, 6.07) is 11.2. The third-order valence-corrected chi connectivity index (χ3v) is 6.88. The standard InChI is InChI=1S/C31H45NO5/c1-2-3-4-5-6-7-8-9-10-11-12-13-14-15-16-17-24-37-30-23-22-28(25-29(30)32(35)36)26-18-20-27(21-19-26)31(33)34/h18-23,25H,2-17,24H2,1H3,(H,33,34). The first kappa shape index (κ1) is 30.3. The maximum atomic E-state index is 11.6. The summed E-state index contributed by atoms with van der Waals surface area (Å²) in [5, 5.41) is 20.6. The van der Waals surface area contributed by atoms with Crippen molar-refractivity contribution in [2.75, 3.05) is 6.61 Å². The topological polar surface area (TPSA) is 89.7 Å². The van der Waals surface area contributed by atoms with E-state index in [1.54, 1.807) is 24.3 Å². The minimum Gasteiger partial charge on any atom is -0.487 e. The van der Waals surface area contributed by atoms with Gasteiger partial charge in [0.1, 0.15) is 0 Å². The fraction of sp³-hybridized carbons (Fsp3) is 0.581. The molecule has 204 valence electrons. The highest BCUT2D eigenvalue weighted by Gasteiger charge is 2.17. The second-order valence-corrected chi connectivity index (χ2v) is 9.97. The van der Waals surface area contributed by atoms with Crippen LogP contribution in [0.25, 0.3) is 11.1 Å². The molecule has 2 aromatic rings. The number of unbranched alkanes of at least 4 members (excludes halogenated alkanes) is 15. The third-order valence-electron chi connectivity index (χ3n) is 6.88. The molecular weight excluding hydrogens is 466 g/mol. The summed E-state index contributed by atoms with van der Waals surface area (Å²) in [6.45, 7) is 2.73. The maximum Gasteiger partial charge on any atom is 0.335 e. The summed E-state index contributed by atoms with van der Waals surface area (Å²) in [7, 11) is 0. The lowest BCUT2D eigenvalue weighted by molar-refractivity contribution is -0.385. The molecule has 0 aliphatic rings. The lowest BCUT2D eigenvalue weighted by atomic mass is 10.0. The van der Waals surface area contributed by atoms with Gasteiger partial charge in [-0.25, -0.2) is 4.79 Å². The molecule has 37 heavy (non-hydrogen) atoms. The average molecular weight is 512 g/mol. The zero-order valence-corrected chi connectivity index (χ0v) is 22.6. The largest absolute Gasteiger partial charge is 0.487 e. The van der Waals surface area contributed by atoms with Crippen molar-refractivity contribution < 1.29 is 19.6 Å². The lowest BCUT2D eigenvalue weighted by Gasteiger charge is -2.09. The van der Waals surface area contributed by atoms with Crippen molar-refractivity contribution in [3.8, 4) is 16.9 Å². The maximum absolute atomic E-state index is 11.6. The van der Waals surface area contributed by atoms with Gasteiger partial charge >= 0.3 is 11.7 Å². The number of hydrogen-bond donors (Lipinski definition) is 1. The molecule has 0 bridgehead atoms. The first-order chi connectivity index (χ1) is 18.0. The van der Waals surface area contributed by atoms with E-state index in [1.807, 2.05) is 0 Å². The molecule has 0 saturated carbocycles. The molecule has 0 heterocycles. The molecule has 2 rings (SSSR count). The number of ether oxygens (including phenoxy) is 1. The van der Waals surface area contributed by atoms with Gasteiger partial charge in [0.25, 0.3) is 0 Å². The van der Waals surface area contributed by atoms with Crippen molar-refractivity contribution in [2.24, 2.45) is 0 Å². The van der Waals surface area contributed by atoms with Crippen LogP contribution in [0.5, 0.6) is 5.75 Å². The van der Waals surface area contributed by atoms with Crippen molar-refractivity contribution in [3.63, 3.8) is 0 Å². The van der Waals surface area contributed by atoms with Gasteiger partial charge in [0, 0.05) is 6.07 Å². The first-order valence-corrected chi connectivity index (χ1v) is 14.3. The van der Waals surface area contributed by atoms with Gasteiger partial charge in [-0.3, -0.25) is 10.1 Å². The summed E-state index contributed by atoms with van der Waals surface area (Å²) in [5.74, 6) is -0.729. The second kappa shape index (κ2) is 18.4. The number of benzene rings is 2. The molecule has 0 unspecified atom stereocenters. The van der Waals surface area contributed by atoms with Crippen LogP contribution in [0, 0.1) is 10.1 Å². The van der Waals surface area contributed by atoms with Gasteiger partial charge in [-0.2, -0.15) is 0 Å². The van der Waals surface area contributed by atoms with Crippen LogP contribution in [0.3, 0.4) is 0 Å². The van der Waals surface area contributed by atoms with Gasteiger partial charge in [-0.15, -0.1) is 0 Å². The van der Waals surface area contributed by atoms with Gasteiger partial charge in [0.15, 0.2) is 5.75 Å². The predicted octanol–water partition coefficient (Wildman–Crippen LogP) is 9.60. The number of carbonyl (C=O) groups is 1. The summed E-state index contributed by atoms with van der Waals surface area (Å²) >= 11 is 0. The monoisotopic (exact) mass is 511 g/mol. The van der Waals surface area contributed by atoms with Crippen LogP contribution in [0.4, 0.5) is 5.69 Å². The van der Waals surface area contributed by atoms with E-state index >= 15 is 0 Å². The first-order valence-electron chi connectivity index (χ1n) is 14.3. The highest BCUT2D eigenvalue weighted by atomic mass is 16.6. The fourth-order valence-electron chi connectivity index (χ4n) is 4.60. The summed E-state index contributed by atoms with van der Waals surface area (Å²) < 4.78 is 5.74. The number of rotatable bonds is 21. The minimum atomic E-state index is -1.00. The molecule has 0 radical (unpaired) electrons. The summed E-state index contributed by atoms with van der Waals surface area (Å²) in [4.78, 5) is 22.2. The van der Waals surface area contributed by atoms with Crippen molar-refractivity contribution in [3.05, 3.63) is 58.1 Å². The molecule has 0 saturated heterocycles. The Labute approximate surface area is 222 Å². The molecule has 0 aliphatic carbocycles. The Morgan fingerprint density at radius 2 is 1.19 bits per heavy atom. The van der Waals surface area contributed by atoms with Crippen LogP contribution in [-0.4, -0.2) is 22.6 Å². The second-order valence-electron chi connectivity index (χ2n) is 9.97. The van der Waals surface area contributed by atoms with E-state index in [9.17, 15) is 14.9 Å². The van der Waals surface area contributed by atoms with E-state index in [2.05, 4.69) is 6.92 Å². The molecule has 6 nitrogen and oxygen atoms in total. The summed E-state index contributed by atoms with van der Waals surface area (Å²) in [5.41, 5.74) is 1.48. The zero-order valence-electron chi connectivity index (χ0n) is 22.6. The van der Waals surface area contributed by atoms with Gasteiger partial charge in [0.2, 0.25) is 0 Å². The van der Waals surface area contributed by atoms with E-state index in [0.29, 0.717) is 12.2 Å². The number of carboxylic acids is 1. The quantitative estimate of drug-likeness (QED) is 0.102. The van der Waals surface area contributed by atoms with Crippen LogP contribution in [0.2, 0.25) is 0 Å². The van der Waals surface area contributed by atoms with Crippen molar-refractivity contribution >= 4 is 11.7 Å². The van der Waals surface area contributed by atoms with Crippen LogP contribution in [-0.2, 0) is 0 Å². The van der Waals surface area contributed by atoms with E-state index in [0.717, 1.165) is 18.4 Å². The zero-order chi connectivity index (χ0) is 26.7. The molecule has 0 aromatic heterocycles. The summed E-state index contributed by atoms with van der Waals surface area (Å²) in [6.07, 6.45) is 20.8. The third kappa shape index (κ3) is 12.3. The minimum absolute atomic E-state index is 0.0729. The van der Waals surface area contributed by atoms with E-state index in [1.165, 1.54) is 108 Å². The average Bonchev–Trinajstić information content (AvgIpc) is 2.90. The highest BCUT2D eigenvalue weighted by Crippen LogP contribution is 2.32. The molecular formula is C31H45NO5. The van der Waals surface area contributed by atoms with Crippen LogP contribution < -0.4 is 4.74 Å². The number of carboxylic acid groups (broad SMARTS) is 1. The molecule has 6 heteroatoms. The number of nitro groups is 1. The lowest BCUT2D eigenvalue weighted by Crippen LogP contribution is -2.01. The molecule has 0 amide bonds. The van der Waals surface area contributed by atoms with Gasteiger partial charge in [-0.1, -0.05) is 121 Å². The van der Waals surface area contributed by atoms with Gasteiger partial charge < -0.3 is 9.84 Å². The number of nitrogens with zero attached hydrogens (tertiary/aromatic N) is 1. The number of nitro benzene ring substituents is 1. The Morgan fingerprint density at radius 1 is 0.730 bits per heavy atom. The van der Waals surface area contributed by atoms with Crippen LogP contribution in [0.1, 0.15) is 120 Å². The molecule has 2 aromatic carbocycles. The number of aromatic carboxylic acids is 1. The van der Waals surface area contributed by atoms with E-state index < -0.39 is 10.9 Å². The predicted molar refractivity (Wildman–Crippen MR) is 151 cm³/mol. The molecule has 1 N–H and O–H groups in total. The van der Waals surface area contributed by atoms with Crippen LogP contribution >= 0.6 is 0 Å². The van der Waals surface area contributed by atoms with Crippen molar-refractivity contribution in [2.45, 2.75) is 110 Å². The molecule has 0 aliphatic heterocycles. The fourth-order valence-corrected chi connectivity index (χ4v) is 4.60. The number of hydrogen-bond acceptors (Lipinski definition) is 4. The Bertz CT molecular complexity index is 926.